The van der Waals surface area contributed by atoms with E-state index in [9.17, 15) is 9.18 Å². The van der Waals surface area contributed by atoms with E-state index in [0.717, 1.165) is 36.2 Å². The number of nitrogens with one attached hydrogen (secondary N) is 1. The van der Waals surface area contributed by atoms with Crippen LogP contribution in [0.2, 0.25) is 0 Å². The summed E-state index contributed by atoms with van der Waals surface area (Å²) in [7, 11) is 0. The van der Waals surface area contributed by atoms with Gasteiger partial charge in [-0.05, 0) is 60.7 Å². The minimum atomic E-state index is -0.373. The quantitative estimate of drug-likeness (QED) is 0.443. The summed E-state index contributed by atoms with van der Waals surface area (Å²) in [5, 5.41) is 3.60. The van der Waals surface area contributed by atoms with Crippen LogP contribution in [0.3, 0.4) is 0 Å². The van der Waals surface area contributed by atoms with Gasteiger partial charge in [0.1, 0.15) is 5.82 Å². The highest BCUT2D eigenvalue weighted by molar-refractivity contribution is 6.12. The number of anilines is 1. The molecule has 1 amide bonds. The molecule has 3 nitrogen and oxygen atoms in total. The molecule has 4 heteroatoms. The largest absolute Gasteiger partial charge is 0.322 e. The first-order valence-electron chi connectivity index (χ1n) is 10.2. The summed E-state index contributed by atoms with van der Waals surface area (Å²) in [5.74, 6) is -0.214. The Kier molecular flexibility index (Phi) is 4.75. The van der Waals surface area contributed by atoms with Crippen LogP contribution in [-0.2, 0) is 6.42 Å². The number of amides is 1. The Bertz CT molecular complexity index is 1230. The molecule has 0 aliphatic heterocycles. The Morgan fingerprint density at radius 3 is 2.53 bits per heavy atom. The Balaban J connectivity index is 1.50. The second-order valence-corrected chi connectivity index (χ2v) is 7.80. The number of para-hydroxylation sites is 1. The van der Waals surface area contributed by atoms with Crippen LogP contribution in [0, 0.1) is 5.82 Å². The highest BCUT2D eigenvalue weighted by Crippen LogP contribution is 2.40. The molecule has 5 rings (SSSR count). The van der Waals surface area contributed by atoms with Gasteiger partial charge in [0, 0.05) is 22.7 Å². The van der Waals surface area contributed by atoms with E-state index in [4.69, 9.17) is 0 Å². The lowest BCUT2D eigenvalue weighted by molar-refractivity contribution is 0.102. The van der Waals surface area contributed by atoms with E-state index in [1.807, 2.05) is 48.5 Å². The van der Waals surface area contributed by atoms with Crippen molar-refractivity contribution in [3.63, 3.8) is 0 Å². The number of pyridine rings is 1. The number of carbonyl (C=O) groups excluding carboxylic acids is 1. The molecular formula is C26H21FN2O. The van der Waals surface area contributed by atoms with Crippen molar-refractivity contribution in [3.8, 4) is 0 Å². The maximum absolute atomic E-state index is 13.9. The van der Waals surface area contributed by atoms with E-state index < -0.39 is 0 Å². The highest BCUT2D eigenvalue weighted by Gasteiger charge is 2.27. The van der Waals surface area contributed by atoms with E-state index in [1.165, 1.54) is 17.7 Å². The van der Waals surface area contributed by atoms with Gasteiger partial charge in [0.15, 0.2) is 0 Å². The topological polar surface area (TPSA) is 42.0 Å². The SMILES string of the molecule is O=C(Nc1ccccc1Cc1ccccc1)c1cc(C2CC2)nc2ccc(F)cc12. The second-order valence-electron chi connectivity index (χ2n) is 7.80. The molecule has 1 N–H and O–H groups in total. The van der Waals surface area contributed by atoms with Crippen LogP contribution in [0.5, 0.6) is 0 Å². The van der Waals surface area contributed by atoms with Gasteiger partial charge in [0.05, 0.1) is 11.1 Å². The van der Waals surface area contributed by atoms with Crippen molar-refractivity contribution < 1.29 is 9.18 Å². The summed E-state index contributed by atoms with van der Waals surface area (Å²) in [6, 6.07) is 24.2. The van der Waals surface area contributed by atoms with Gasteiger partial charge in [0.2, 0.25) is 0 Å². The van der Waals surface area contributed by atoms with Crippen LogP contribution in [0.4, 0.5) is 10.1 Å². The van der Waals surface area contributed by atoms with E-state index in [1.54, 1.807) is 6.07 Å². The first-order chi connectivity index (χ1) is 14.7. The fourth-order valence-electron chi connectivity index (χ4n) is 3.80. The van der Waals surface area contributed by atoms with Gasteiger partial charge in [-0.25, -0.2) is 4.39 Å². The molecule has 1 heterocycles. The van der Waals surface area contributed by atoms with Crippen LogP contribution >= 0.6 is 0 Å². The number of aromatic nitrogens is 1. The molecule has 1 fully saturated rings. The molecule has 0 bridgehead atoms. The molecule has 30 heavy (non-hydrogen) atoms. The maximum atomic E-state index is 13.9. The van der Waals surface area contributed by atoms with Gasteiger partial charge in [-0.3, -0.25) is 9.78 Å². The molecule has 0 spiro atoms. The molecule has 1 aliphatic rings. The van der Waals surface area contributed by atoms with Gasteiger partial charge in [-0.1, -0.05) is 48.5 Å². The van der Waals surface area contributed by atoms with Crippen molar-refractivity contribution >= 4 is 22.5 Å². The molecule has 1 aromatic heterocycles. The summed E-state index contributed by atoms with van der Waals surface area (Å²) >= 11 is 0. The van der Waals surface area contributed by atoms with Gasteiger partial charge in [0.25, 0.3) is 5.91 Å². The number of nitrogens with zero attached hydrogens (tertiary/aromatic N) is 1. The summed E-state index contributed by atoms with van der Waals surface area (Å²) in [4.78, 5) is 17.9. The molecule has 4 aromatic rings. The molecular weight excluding hydrogens is 375 g/mol. The van der Waals surface area contributed by atoms with Crippen molar-refractivity contribution in [2.24, 2.45) is 0 Å². The second kappa shape index (κ2) is 7.71. The molecule has 148 valence electrons. The first-order valence-corrected chi connectivity index (χ1v) is 10.2. The van der Waals surface area contributed by atoms with Crippen molar-refractivity contribution in [3.05, 3.63) is 107 Å². The molecule has 1 aliphatic carbocycles. The number of hydrogen-bond acceptors (Lipinski definition) is 2. The van der Waals surface area contributed by atoms with Crippen LogP contribution in [0.1, 0.15) is 45.9 Å². The monoisotopic (exact) mass is 396 g/mol. The van der Waals surface area contributed by atoms with Crippen molar-refractivity contribution in [1.29, 1.82) is 0 Å². The zero-order valence-corrected chi connectivity index (χ0v) is 16.4. The smallest absolute Gasteiger partial charge is 0.256 e. The predicted molar refractivity (Wildman–Crippen MR) is 117 cm³/mol. The van der Waals surface area contributed by atoms with Gasteiger partial charge >= 0.3 is 0 Å². The molecule has 0 saturated heterocycles. The van der Waals surface area contributed by atoms with Gasteiger partial charge < -0.3 is 5.32 Å². The van der Waals surface area contributed by atoms with Crippen molar-refractivity contribution in [2.45, 2.75) is 25.2 Å². The third-order valence-electron chi connectivity index (χ3n) is 5.53. The third kappa shape index (κ3) is 3.81. The fourth-order valence-corrected chi connectivity index (χ4v) is 3.80. The molecule has 0 atom stereocenters. The highest BCUT2D eigenvalue weighted by atomic mass is 19.1. The first kappa shape index (κ1) is 18.5. The van der Waals surface area contributed by atoms with Crippen LogP contribution in [0.25, 0.3) is 10.9 Å². The minimum Gasteiger partial charge on any atom is -0.322 e. The van der Waals surface area contributed by atoms with Crippen molar-refractivity contribution in [1.82, 2.24) is 4.98 Å². The summed E-state index contributed by atoms with van der Waals surface area (Å²) < 4.78 is 13.9. The van der Waals surface area contributed by atoms with Crippen LogP contribution in [0.15, 0.2) is 78.9 Å². The zero-order chi connectivity index (χ0) is 20.5. The average molecular weight is 396 g/mol. The van der Waals surface area contributed by atoms with E-state index in [0.29, 0.717) is 22.4 Å². The predicted octanol–water partition coefficient (Wildman–Crippen LogP) is 6.09. The number of rotatable bonds is 5. The molecule has 3 aromatic carbocycles. The Hall–Kier alpha value is -3.53. The Morgan fingerprint density at radius 2 is 1.73 bits per heavy atom. The summed E-state index contributed by atoms with van der Waals surface area (Å²) in [6.45, 7) is 0. The maximum Gasteiger partial charge on any atom is 0.256 e. The normalized spacial score (nSPS) is 13.4. The summed E-state index contributed by atoms with van der Waals surface area (Å²) in [6.07, 6.45) is 2.89. The standard InChI is InChI=1S/C26H21FN2O/c27-20-12-13-24-21(15-20)22(16-25(28-24)18-10-11-18)26(30)29-23-9-5-4-8-19(23)14-17-6-2-1-3-7-17/h1-9,12-13,15-16,18H,10-11,14H2,(H,29,30). The van der Waals surface area contributed by atoms with Crippen LogP contribution < -0.4 is 5.32 Å². The Morgan fingerprint density at radius 1 is 0.967 bits per heavy atom. The number of carbonyl (C=O) groups is 1. The number of fused-ring (bicyclic) bond motifs is 1. The minimum absolute atomic E-state index is 0.240. The molecule has 0 unspecified atom stereocenters. The molecule has 1 saturated carbocycles. The van der Waals surface area contributed by atoms with Gasteiger partial charge in [-0.15, -0.1) is 0 Å². The van der Waals surface area contributed by atoms with Crippen LogP contribution in [-0.4, -0.2) is 10.9 Å². The summed E-state index contributed by atoms with van der Waals surface area (Å²) in [5.41, 5.74) is 5.01. The number of benzene rings is 3. The van der Waals surface area contributed by atoms with Gasteiger partial charge in [-0.2, -0.15) is 0 Å². The lowest BCUT2D eigenvalue weighted by Crippen LogP contribution is -2.15. The number of hydrogen-bond donors (Lipinski definition) is 1. The van der Waals surface area contributed by atoms with E-state index in [-0.39, 0.29) is 11.7 Å². The zero-order valence-electron chi connectivity index (χ0n) is 16.4. The van der Waals surface area contributed by atoms with E-state index in [2.05, 4.69) is 22.4 Å². The lowest BCUT2D eigenvalue weighted by Gasteiger charge is -2.13. The molecule has 0 radical (unpaired) electrons. The van der Waals surface area contributed by atoms with Crippen molar-refractivity contribution in [2.75, 3.05) is 5.32 Å². The Labute approximate surface area is 174 Å². The lowest BCUT2D eigenvalue weighted by atomic mass is 10.0. The van der Waals surface area contributed by atoms with E-state index >= 15 is 0 Å². The third-order valence-corrected chi connectivity index (χ3v) is 5.53. The average Bonchev–Trinajstić information content (AvgIpc) is 3.60. The fraction of sp³-hybridized carbons (Fsp3) is 0.154. The number of halogens is 1.